The Hall–Kier alpha value is -2.17. The quantitative estimate of drug-likeness (QED) is 0.400. The lowest BCUT2D eigenvalue weighted by atomic mass is 9.89. The summed E-state index contributed by atoms with van der Waals surface area (Å²) in [6.07, 6.45) is -0.781. The lowest BCUT2D eigenvalue weighted by Crippen LogP contribution is -2.57. The fourth-order valence-electron chi connectivity index (χ4n) is 5.22. The minimum absolute atomic E-state index is 0.0581. The summed E-state index contributed by atoms with van der Waals surface area (Å²) in [7, 11) is -2.55. The molecule has 1 heterocycles. The van der Waals surface area contributed by atoms with E-state index in [1.165, 1.54) is 21.0 Å². The Morgan fingerprint density at radius 2 is 1.79 bits per heavy atom. The average Bonchev–Trinajstić information content (AvgIpc) is 3.68. The maximum absolute atomic E-state index is 14.1. The topological polar surface area (TPSA) is 110 Å². The number of methoxy groups -OCH3 is 1. The molecule has 0 radical (unpaired) electrons. The van der Waals surface area contributed by atoms with E-state index in [1.807, 2.05) is 6.07 Å². The maximum atomic E-state index is 14.1. The normalized spacial score (nSPS) is 23.0. The molecule has 0 aromatic heterocycles. The number of amides is 1. The van der Waals surface area contributed by atoms with Gasteiger partial charge in [0.15, 0.2) is 9.84 Å². The number of nitrogens with zero attached hydrogens (tertiary/aromatic N) is 1. The minimum atomic E-state index is -3.78. The van der Waals surface area contributed by atoms with Gasteiger partial charge in [0, 0.05) is 16.1 Å². The van der Waals surface area contributed by atoms with Gasteiger partial charge in [-0.25, -0.2) is 8.42 Å². The van der Waals surface area contributed by atoms with Crippen LogP contribution in [-0.4, -0.2) is 66.7 Å². The van der Waals surface area contributed by atoms with Gasteiger partial charge in [-0.1, -0.05) is 47.5 Å². The van der Waals surface area contributed by atoms with Crippen molar-refractivity contribution < 1.29 is 32.6 Å². The van der Waals surface area contributed by atoms with Crippen molar-refractivity contribution in [1.29, 1.82) is 0 Å². The first-order valence-corrected chi connectivity index (χ1v) is 15.3. The fraction of sp³-hybridized carbons (Fsp3) is 0.500. The van der Waals surface area contributed by atoms with E-state index in [1.54, 1.807) is 47.4 Å². The highest BCUT2D eigenvalue weighted by Gasteiger charge is 2.51. The lowest BCUT2D eigenvalue weighted by Gasteiger charge is -2.48. The largest absolute Gasteiger partial charge is 0.469 e. The number of hydrogen-bond acceptors (Lipinski definition) is 7. The van der Waals surface area contributed by atoms with Crippen molar-refractivity contribution in [3.05, 3.63) is 69.7 Å². The summed E-state index contributed by atoms with van der Waals surface area (Å²) in [5.41, 5.74) is -0.0719. The molecule has 1 N–H and O–H groups in total. The molecule has 2 aliphatic rings. The average molecular weight is 599 g/mol. The van der Waals surface area contributed by atoms with Gasteiger partial charge in [-0.2, -0.15) is 0 Å². The van der Waals surface area contributed by atoms with Crippen molar-refractivity contribution in [3.8, 4) is 0 Å². The van der Waals surface area contributed by atoms with Crippen LogP contribution in [0.5, 0.6) is 0 Å². The number of morpholine rings is 1. The number of ether oxygens (including phenoxy) is 2. The number of esters is 1. The predicted molar refractivity (Wildman–Crippen MR) is 148 cm³/mol. The maximum Gasteiger partial charge on any atom is 0.308 e. The van der Waals surface area contributed by atoms with Gasteiger partial charge >= 0.3 is 5.97 Å². The Balaban J connectivity index is 1.86. The second-order valence-electron chi connectivity index (χ2n) is 10.9. The molecule has 39 heavy (non-hydrogen) atoms. The Labute approximate surface area is 239 Å². The number of rotatable bonds is 10. The lowest BCUT2D eigenvalue weighted by molar-refractivity contribution is -0.183. The first-order valence-electron chi connectivity index (χ1n) is 12.8. The molecule has 4 unspecified atom stereocenters. The van der Waals surface area contributed by atoms with Crippen LogP contribution in [0.4, 0.5) is 0 Å². The molecular weight excluding hydrogens is 565 g/mol. The molecule has 2 fully saturated rings. The molecule has 4 atom stereocenters. The van der Waals surface area contributed by atoms with Crippen molar-refractivity contribution >= 4 is 44.9 Å². The molecule has 2 aromatic rings. The van der Waals surface area contributed by atoms with Crippen molar-refractivity contribution in [3.63, 3.8) is 0 Å². The highest BCUT2D eigenvalue weighted by Crippen LogP contribution is 2.48. The molecule has 0 bridgehead atoms. The van der Waals surface area contributed by atoms with Crippen LogP contribution in [0, 0.1) is 5.92 Å². The number of aliphatic hydroxyl groups is 1. The van der Waals surface area contributed by atoms with Crippen LogP contribution in [0.2, 0.25) is 10.0 Å². The number of carbonyl (C=O) groups excluding carboxylic acids is 2. The van der Waals surface area contributed by atoms with E-state index in [2.05, 4.69) is 0 Å². The van der Waals surface area contributed by atoms with Crippen LogP contribution in [0.25, 0.3) is 0 Å². The van der Waals surface area contributed by atoms with Crippen molar-refractivity contribution in [1.82, 2.24) is 4.90 Å². The van der Waals surface area contributed by atoms with Gasteiger partial charge in [-0.3, -0.25) is 9.59 Å². The Morgan fingerprint density at radius 1 is 1.13 bits per heavy atom. The van der Waals surface area contributed by atoms with Crippen LogP contribution in [-0.2, 0) is 28.9 Å². The molecule has 1 saturated heterocycles. The Morgan fingerprint density at radius 3 is 2.36 bits per heavy atom. The van der Waals surface area contributed by atoms with E-state index in [4.69, 9.17) is 32.7 Å². The number of benzene rings is 2. The smallest absolute Gasteiger partial charge is 0.308 e. The number of carbonyl (C=O) groups is 2. The molecule has 1 amide bonds. The molecule has 1 aliphatic heterocycles. The number of halogens is 2. The predicted octanol–water partition coefficient (Wildman–Crippen LogP) is 4.53. The van der Waals surface area contributed by atoms with Crippen LogP contribution in [0.1, 0.15) is 56.4 Å². The molecule has 2 aromatic carbocycles. The monoisotopic (exact) mass is 597 g/mol. The van der Waals surface area contributed by atoms with Crippen molar-refractivity contribution in [2.24, 2.45) is 5.92 Å². The second kappa shape index (κ2) is 11.7. The van der Waals surface area contributed by atoms with E-state index >= 15 is 0 Å². The van der Waals surface area contributed by atoms with Crippen LogP contribution >= 0.6 is 23.2 Å². The van der Waals surface area contributed by atoms with Crippen LogP contribution < -0.4 is 0 Å². The first kappa shape index (κ1) is 29.8. The summed E-state index contributed by atoms with van der Waals surface area (Å²) in [4.78, 5) is 28.0. The molecule has 0 spiro atoms. The zero-order valence-electron chi connectivity index (χ0n) is 22.0. The highest BCUT2D eigenvalue weighted by molar-refractivity contribution is 7.91. The van der Waals surface area contributed by atoms with E-state index in [0.29, 0.717) is 21.2 Å². The summed E-state index contributed by atoms with van der Waals surface area (Å²) in [5.74, 6) is -1.95. The van der Waals surface area contributed by atoms with Gasteiger partial charge in [0.05, 0.1) is 36.7 Å². The number of hydrogen-bond donors (Lipinski definition) is 1. The molecule has 1 aliphatic carbocycles. The van der Waals surface area contributed by atoms with Gasteiger partial charge in [0.1, 0.15) is 12.2 Å². The fourth-order valence-corrected chi connectivity index (χ4v) is 7.69. The zero-order valence-corrected chi connectivity index (χ0v) is 24.4. The van der Waals surface area contributed by atoms with E-state index in [9.17, 15) is 23.1 Å². The highest BCUT2D eigenvalue weighted by atomic mass is 35.5. The molecule has 212 valence electrons. The van der Waals surface area contributed by atoms with Crippen LogP contribution in [0.3, 0.4) is 0 Å². The third kappa shape index (κ3) is 7.52. The summed E-state index contributed by atoms with van der Waals surface area (Å²) >= 11 is 12.5. The molecular formula is C28H33Cl2NO7S. The molecule has 11 heteroatoms. The molecule has 1 saturated carbocycles. The third-order valence-electron chi connectivity index (χ3n) is 6.92. The molecule has 4 rings (SSSR count). The van der Waals surface area contributed by atoms with Gasteiger partial charge in [0.2, 0.25) is 0 Å². The Bertz CT molecular complexity index is 1310. The standard InChI is InChI=1S/C28H33Cl2NO7S/c1-28(2,34)16-39(35,36)15-22(17-7-8-17)31-25(18-9-11-20(29)12-10-18)26(19-5-4-6-21(30)13-19)38-23(27(31)33)14-24(32)37-3/h4-6,9-13,17,22-23,25-26,34H,7-8,14-16H2,1-3H3. The molecule has 8 nitrogen and oxygen atoms in total. The van der Waals surface area contributed by atoms with Crippen LogP contribution in [0.15, 0.2) is 48.5 Å². The second-order valence-corrected chi connectivity index (χ2v) is 13.9. The minimum Gasteiger partial charge on any atom is -0.469 e. The number of sulfone groups is 1. The van der Waals surface area contributed by atoms with Crippen molar-refractivity contribution in [2.75, 3.05) is 18.6 Å². The van der Waals surface area contributed by atoms with E-state index in [-0.39, 0.29) is 18.1 Å². The van der Waals surface area contributed by atoms with Crippen molar-refractivity contribution in [2.45, 2.75) is 63.0 Å². The first-order chi connectivity index (χ1) is 18.3. The van der Waals surface area contributed by atoms with Gasteiger partial charge in [-0.15, -0.1) is 0 Å². The summed E-state index contributed by atoms with van der Waals surface area (Å²) < 4.78 is 37.7. The zero-order chi connectivity index (χ0) is 28.5. The Kier molecular flexibility index (Phi) is 8.98. The van der Waals surface area contributed by atoms with E-state index < -0.39 is 57.4 Å². The summed E-state index contributed by atoms with van der Waals surface area (Å²) in [6.45, 7) is 2.88. The van der Waals surface area contributed by atoms with Gasteiger partial charge < -0.3 is 19.5 Å². The van der Waals surface area contributed by atoms with Gasteiger partial charge in [0.25, 0.3) is 5.91 Å². The third-order valence-corrected chi connectivity index (χ3v) is 9.40. The summed E-state index contributed by atoms with van der Waals surface area (Å²) in [6, 6.07) is 12.6. The SMILES string of the molecule is COC(=O)CC1OC(c2cccc(Cl)c2)C(c2ccc(Cl)cc2)N(C(CS(=O)(=O)CC(C)(C)O)C2CC2)C1=O. The summed E-state index contributed by atoms with van der Waals surface area (Å²) in [5, 5.41) is 11.2. The van der Waals surface area contributed by atoms with Gasteiger partial charge in [-0.05, 0) is 68.0 Å². The van der Waals surface area contributed by atoms with E-state index in [0.717, 1.165) is 12.8 Å².